The topological polar surface area (TPSA) is 12.0 Å². The van der Waals surface area contributed by atoms with Crippen LogP contribution in [0.1, 0.15) is 20.8 Å². The van der Waals surface area contributed by atoms with Crippen LogP contribution in [0.15, 0.2) is 72.0 Å². The van der Waals surface area contributed by atoms with Crippen LogP contribution in [0.4, 0.5) is 0 Å². The molecule has 0 bridgehead atoms. The minimum atomic E-state index is 1.13. The summed E-state index contributed by atoms with van der Waals surface area (Å²) in [5, 5.41) is 3.19. The van der Waals surface area contributed by atoms with Gasteiger partial charge in [-0.3, -0.25) is 0 Å². The molecule has 0 aliphatic carbocycles. The van der Waals surface area contributed by atoms with E-state index in [2.05, 4.69) is 51.4 Å². The summed E-state index contributed by atoms with van der Waals surface area (Å²) in [4.78, 5) is 0. The van der Waals surface area contributed by atoms with Crippen molar-refractivity contribution in [2.24, 2.45) is 0 Å². The Morgan fingerprint density at radius 3 is 1.71 bits per heavy atom. The van der Waals surface area contributed by atoms with Gasteiger partial charge in [-0.15, -0.1) is 0 Å². The van der Waals surface area contributed by atoms with Crippen molar-refractivity contribution in [2.45, 2.75) is 20.8 Å². The predicted molar refractivity (Wildman–Crippen MR) is 78.8 cm³/mol. The van der Waals surface area contributed by atoms with E-state index in [0.717, 1.165) is 5.70 Å². The fourth-order valence-electron chi connectivity index (χ4n) is 1.41. The van der Waals surface area contributed by atoms with Gasteiger partial charge in [0.25, 0.3) is 0 Å². The van der Waals surface area contributed by atoms with Gasteiger partial charge in [0, 0.05) is 18.3 Å². The highest BCUT2D eigenvalue weighted by Crippen LogP contribution is 2.20. The summed E-state index contributed by atoms with van der Waals surface area (Å²) in [6.45, 7) is 13.7. The van der Waals surface area contributed by atoms with Gasteiger partial charge in [0.15, 0.2) is 0 Å². The Hall–Kier alpha value is -1.76. The molecule has 0 spiro atoms. The van der Waals surface area contributed by atoms with Crippen LogP contribution in [-0.2, 0) is 0 Å². The van der Waals surface area contributed by atoms with Gasteiger partial charge in [0.2, 0.25) is 0 Å². The van der Waals surface area contributed by atoms with Gasteiger partial charge in [-0.25, -0.2) is 0 Å². The Labute approximate surface area is 106 Å². The van der Waals surface area contributed by atoms with Crippen LogP contribution >= 0.6 is 0 Å². The first-order valence-electron chi connectivity index (χ1n) is 5.73. The summed E-state index contributed by atoms with van der Waals surface area (Å²) in [5.74, 6) is 0. The third-order valence-electron chi connectivity index (χ3n) is 2.41. The molecule has 0 saturated heterocycles. The third-order valence-corrected chi connectivity index (χ3v) is 2.41. The normalized spacial score (nSPS) is 12.5. The lowest BCUT2D eigenvalue weighted by molar-refractivity contribution is 0.972. The SMILES string of the molecule is C=C/C=C\C(=C(C)C)C(/C=C\C=C)=C(/C)NC. The minimum absolute atomic E-state index is 1.13. The summed E-state index contributed by atoms with van der Waals surface area (Å²) < 4.78 is 0. The van der Waals surface area contributed by atoms with Crippen LogP contribution in [0, 0.1) is 0 Å². The summed E-state index contributed by atoms with van der Waals surface area (Å²) >= 11 is 0. The lowest BCUT2D eigenvalue weighted by Gasteiger charge is -2.11. The van der Waals surface area contributed by atoms with E-state index < -0.39 is 0 Å². The Morgan fingerprint density at radius 2 is 1.35 bits per heavy atom. The fraction of sp³-hybridized carbons (Fsp3) is 0.250. The van der Waals surface area contributed by atoms with Gasteiger partial charge in [-0.05, 0) is 26.3 Å². The number of rotatable bonds is 6. The second kappa shape index (κ2) is 8.40. The molecular formula is C16H23N. The van der Waals surface area contributed by atoms with Crippen LogP contribution in [-0.4, -0.2) is 7.05 Å². The molecule has 1 nitrogen and oxygen atoms in total. The van der Waals surface area contributed by atoms with Crippen molar-refractivity contribution >= 4 is 0 Å². The van der Waals surface area contributed by atoms with E-state index in [9.17, 15) is 0 Å². The molecule has 0 radical (unpaired) electrons. The lowest BCUT2D eigenvalue weighted by atomic mass is 9.98. The summed E-state index contributed by atoms with van der Waals surface area (Å²) in [7, 11) is 1.93. The average Bonchev–Trinajstić information content (AvgIpc) is 2.32. The zero-order valence-electron chi connectivity index (χ0n) is 11.4. The molecule has 0 aromatic carbocycles. The molecule has 0 aliphatic heterocycles. The molecule has 1 heteroatoms. The quantitative estimate of drug-likeness (QED) is 0.670. The Morgan fingerprint density at radius 1 is 0.882 bits per heavy atom. The molecule has 0 rings (SSSR count). The summed E-state index contributed by atoms with van der Waals surface area (Å²) in [6.07, 6.45) is 11.6. The molecule has 0 aliphatic rings. The standard InChI is InChI=1S/C16H23N/c1-7-9-11-15(13(3)4)16(12-10-8-2)14(5)17-6/h7-12,17H,1-2H2,3-6H3/b11-9-,12-10-,16-14-. The van der Waals surface area contributed by atoms with Crippen molar-refractivity contribution in [1.29, 1.82) is 0 Å². The molecule has 17 heavy (non-hydrogen) atoms. The minimum Gasteiger partial charge on any atom is -0.391 e. The smallest absolute Gasteiger partial charge is 0.0152 e. The molecular weight excluding hydrogens is 206 g/mol. The molecule has 92 valence electrons. The number of nitrogens with one attached hydrogen (secondary N) is 1. The molecule has 0 amide bonds. The maximum atomic E-state index is 3.70. The van der Waals surface area contributed by atoms with Gasteiger partial charge >= 0.3 is 0 Å². The van der Waals surface area contributed by atoms with Crippen molar-refractivity contribution in [2.75, 3.05) is 7.05 Å². The highest BCUT2D eigenvalue weighted by atomic mass is 14.8. The van der Waals surface area contributed by atoms with Crippen molar-refractivity contribution < 1.29 is 0 Å². The van der Waals surface area contributed by atoms with Crippen LogP contribution in [0.25, 0.3) is 0 Å². The van der Waals surface area contributed by atoms with Crippen molar-refractivity contribution in [3.63, 3.8) is 0 Å². The van der Waals surface area contributed by atoms with E-state index in [-0.39, 0.29) is 0 Å². The summed E-state index contributed by atoms with van der Waals surface area (Å²) in [5.41, 5.74) is 4.77. The number of allylic oxidation sites excluding steroid dienone is 10. The van der Waals surface area contributed by atoms with Gasteiger partial charge in [0.05, 0.1) is 0 Å². The first-order valence-corrected chi connectivity index (χ1v) is 5.73. The van der Waals surface area contributed by atoms with E-state index >= 15 is 0 Å². The van der Waals surface area contributed by atoms with E-state index in [1.54, 1.807) is 12.2 Å². The van der Waals surface area contributed by atoms with Gasteiger partial charge in [-0.2, -0.15) is 0 Å². The molecule has 0 atom stereocenters. The number of hydrogen-bond donors (Lipinski definition) is 1. The van der Waals surface area contributed by atoms with Crippen LogP contribution in [0.3, 0.4) is 0 Å². The monoisotopic (exact) mass is 229 g/mol. The first kappa shape index (κ1) is 15.2. The fourth-order valence-corrected chi connectivity index (χ4v) is 1.41. The zero-order chi connectivity index (χ0) is 13.3. The second-order valence-electron chi connectivity index (χ2n) is 3.89. The molecule has 1 N–H and O–H groups in total. The summed E-state index contributed by atoms with van der Waals surface area (Å²) in [6, 6.07) is 0. The lowest BCUT2D eigenvalue weighted by Crippen LogP contribution is -2.06. The van der Waals surface area contributed by atoms with E-state index in [0.29, 0.717) is 0 Å². The average molecular weight is 229 g/mol. The van der Waals surface area contributed by atoms with Crippen molar-refractivity contribution in [1.82, 2.24) is 5.32 Å². The second-order valence-corrected chi connectivity index (χ2v) is 3.89. The highest BCUT2D eigenvalue weighted by molar-refractivity contribution is 5.51. The van der Waals surface area contributed by atoms with E-state index in [1.165, 1.54) is 16.7 Å². The van der Waals surface area contributed by atoms with Crippen molar-refractivity contribution in [3.05, 3.63) is 72.0 Å². The zero-order valence-corrected chi connectivity index (χ0v) is 11.4. The molecule has 0 fully saturated rings. The van der Waals surface area contributed by atoms with Crippen LogP contribution in [0.5, 0.6) is 0 Å². The Bertz CT molecular complexity index is 386. The van der Waals surface area contributed by atoms with Crippen LogP contribution < -0.4 is 5.32 Å². The van der Waals surface area contributed by atoms with E-state index in [4.69, 9.17) is 0 Å². The molecule has 0 saturated carbocycles. The molecule has 0 heterocycles. The maximum absolute atomic E-state index is 3.70. The van der Waals surface area contributed by atoms with Gasteiger partial charge < -0.3 is 5.32 Å². The largest absolute Gasteiger partial charge is 0.391 e. The first-order chi connectivity index (χ1) is 8.08. The molecule has 0 aromatic heterocycles. The third kappa shape index (κ3) is 5.21. The maximum Gasteiger partial charge on any atom is 0.0152 e. The van der Waals surface area contributed by atoms with Crippen LogP contribution in [0.2, 0.25) is 0 Å². The number of hydrogen-bond acceptors (Lipinski definition) is 1. The van der Waals surface area contributed by atoms with Crippen molar-refractivity contribution in [3.8, 4) is 0 Å². The van der Waals surface area contributed by atoms with Gasteiger partial charge in [-0.1, -0.05) is 55.2 Å². The highest BCUT2D eigenvalue weighted by Gasteiger charge is 2.04. The molecule has 0 aromatic rings. The molecule has 0 unspecified atom stereocenters. The van der Waals surface area contributed by atoms with E-state index in [1.807, 2.05) is 19.2 Å². The Balaban J connectivity index is 5.64. The van der Waals surface area contributed by atoms with Gasteiger partial charge in [0.1, 0.15) is 0 Å². The Kier molecular flexibility index (Phi) is 7.53. The predicted octanol–water partition coefficient (Wildman–Crippen LogP) is 4.30.